The van der Waals surface area contributed by atoms with Gasteiger partial charge in [0.15, 0.2) is 0 Å². The number of carbonyl (C=O) groups excluding carboxylic acids is 2. The molecule has 1 heterocycles. The molecule has 7 nitrogen and oxygen atoms in total. The molecule has 0 radical (unpaired) electrons. The average molecular weight is 391 g/mol. The fourth-order valence-electron chi connectivity index (χ4n) is 3.34. The van der Waals surface area contributed by atoms with Crippen molar-refractivity contribution < 1.29 is 14.3 Å². The molecule has 2 atom stereocenters. The number of carbonyl (C=O) groups is 2. The zero-order valence-electron chi connectivity index (χ0n) is 17.3. The summed E-state index contributed by atoms with van der Waals surface area (Å²) >= 11 is 0. The smallest absolute Gasteiger partial charge is 0.237 e. The molecule has 2 N–H and O–H groups in total. The molecule has 1 aromatic carbocycles. The molecule has 1 fully saturated rings. The van der Waals surface area contributed by atoms with Gasteiger partial charge in [-0.25, -0.2) is 0 Å². The van der Waals surface area contributed by atoms with Crippen molar-refractivity contribution in [3.05, 3.63) is 35.9 Å². The van der Waals surface area contributed by atoms with Gasteiger partial charge in [-0.3, -0.25) is 19.4 Å². The predicted molar refractivity (Wildman–Crippen MR) is 110 cm³/mol. The molecule has 1 aromatic rings. The Kier molecular flexibility index (Phi) is 9.40. The summed E-state index contributed by atoms with van der Waals surface area (Å²) in [4.78, 5) is 28.9. The summed E-state index contributed by atoms with van der Waals surface area (Å²) in [6.45, 7) is 8.80. The van der Waals surface area contributed by atoms with Crippen LogP contribution in [-0.4, -0.2) is 80.6 Å². The van der Waals surface area contributed by atoms with E-state index in [2.05, 4.69) is 20.4 Å². The van der Waals surface area contributed by atoms with Crippen molar-refractivity contribution in [3.8, 4) is 0 Å². The van der Waals surface area contributed by atoms with Gasteiger partial charge >= 0.3 is 0 Å². The van der Waals surface area contributed by atoms with E-state index in [0.717, 1.165) is 38.2 Å². The first-order chi connectivity index (χ1) is 13.5. The van der Waals surface area contributed by atoms with E-state index in [1.54, 1.807) is 7.11 Å². The molecule has 28 heavy (non-hydrogen) atoms. The summed E-state index contributed by atoms with van der Waals surface area (Å²) in [6.07, 6.45) is 0.823. The third kappa shape index (κ3) is 7.22. The second-order valence-electron chi connectivity index (χ2n) is 7.33. The molecule has 0 saturated carbocycles. The summed E-state index contributed by atoms with van der Waals surface area (Å²) in [5.74, 6) is 0.0905. The van der Waals surface area contributed by atoms with E-state index in [1.807, 2.05) is 44.2 Å². The minimum absolute atomic E-state index is 0.0146. The molecular formula is C21H34N4O3. The van der Waals surface area contributed by atoms with Crippen LogP contribution < -0.4 is 10.6 Å². The van der Waals surface area contributed by atoms with Crippen LogP contribution in [0.2, 0.25) is 0 Å². The second-order valence-corrected chi connectivity index (χ2v) is 7.33. The van der Waals surface area contributed by atoms with Crippen LogP contribution in [-0.2, 0) is 14.3 Å². The van der Waals surface area contributed by atoms with Crippen molar-refractivity contribution in [1.82, 2.24) is 20.4 Å². The monoisotopic (exact) mass is 390 g/mol. The molecule has 7 heteroatoms. The molecule has 156 valence electrons. The van der Waals surface area contributed by atoms with Crippen LogP contribution in [0.15, 0.2) is 30.3 Å². The SMILES string of the molecule is COCCCNC(=O)CN1CCN([C@@H](C)C(=O)N[C@H](C)c2ccccc2)CC1. The number of piperazine rings is 1. The zero-order chi connectivity index (χ0) is 20.4. The van der Waals surface area contributed by atoms with Crippen LogP contribution in [0.5, 0.6) is 0 Å². The molecule has 1 saturated heterocycles. The van der Waals surface area contributed by atoms with Gasteiger partial charge in [0.2, 0.25) is 11.8 Å². The van der Waals surface area contributed by atoms with E-state index in [0.29, 0.717) is 19.7 Å². The molecule has 0 bridgehead atoms. The molecule has 1 aliphatic rings. The maximum absolute atomic E-state index is 12.6. The largest absolute Gasteiger partial charge is 0.385 e. The van der Waals surface area contributed by atoms with Crippen molar-refractivity contribution in [2.75, 3.05) is 53.0 Å². The molecule has 2 rings (SSSR count). The van der Waals surface area contributed by atoms with Gasteiger partial charge in [-0.2, -0.15) is 0 Å². The molecule has 1 aliphatic heterocycles. The van der Waals surface area contributed by atoms with Crippen molar-refractivity contribution >= 4 is 11.8 Å². The Morgan fingerprint density at radius 3 is 2.43 bits per heavy atom. The fraction of sp³-hybridized carbons (Fsp3) is 0.619. The van der Waals surface area contributed by atoms with Crippen molar-refractivity contribution in [2.24, 2.45) is 0 Å². The van der Waals surface area contributed by atoms with Crippen LogP contribution in [0, 0.1) is 0 Å². The standard InChI is InChI=1S/C21H34N4O3/c1-17(19-8-5-4-6-9-19)23-21(27)18(2)25-13-11-24(12-14-25)16-20(26)22-10-7-15-28-3/h4-6,8-9,17-18H,7,10-16H2,1-3H3,(H,22,26)(H,23,27)/t17-,18+/m1/s1. The highest BCUT2D eigenvalue weighted by atomic mass is 16.5. The molecular weight excluding hydrogens is 356 g/mol. The molecule has 0 unspecified atom stereocenters. The van der Waals surface area contributed by atoms with Gasteiger partial charge in [-0.05, 0) is 25.8 Å². The Morgan fingerprint density at radius 2 is 1.79 bits per heavy atom. The van der Waals surface area contributed by atoms with E-state index >= 15 is 0 Å². The van der Waals surface area contributed by atoms with Gasteiger partial charge in [0.05, 0.1) is 18.6 Å². The number of ether oxygens (including phenoxy) is 1. The summed E-state index contributed by atoms with van der Waals surface area (Å²) in [5.41, 5.74) is 1.10. The Morgan fingerprint density at radius 1 is 1.11 bits per heavy atom. The van der Waals surface area contributed by atoms with Gasteiger partial charge in [0.25, 0.3) is 0 Å². The number of nitrogens with zero attached hydrogens (tertiary/aromatic N) is 2. The maximum atomic E-state index is 12.6. The highest BCUT2D eigenvalue weighted by molar-refractivity contribution is 5.81. The van der Waals surface area contributed by atoms with Crippen molar-refractivity contribution in [3.63, 3.8) is 0 Å². The topological polar surface area (TPSA) is 73.9 Å². The van der Waals surface area contributed by atoms with E-state index in [1.165, 1.54) is 0 Å². The zero-order valence-corrected chi connectivity index (χ0v) is 17.3. The van der Waals surface area contributed by atoms with Crippen LogP contribution in [0.1, 0.15) is 31.9 Å². The van der Waals surface area contributed by atoms with E-state index < -0.39 is 0 Å². The first-order valence-corrected chi connectivity index (χ1v) is 10.1. The van der Waals surface area contributed by atoms with Crippen molar-refractivity contribution in [1.29, 1.82) is 0 Å². The van der Waals surface area contributed by atoms with Crippen LogP contribution >= 0.6 is 0 Å². The lowest BCUT2D eigenvalue weighted by atomic mass is 10.1. The Labute approximate surface area is 168 Å². The lowest BCUT2D eigenvalue weighted by molar-refractivity contribution is -0.128. The highest BCUT2D eigenvalue weighted by Gasteiger charge is 2.27. The first-order valence-electron chi connectivity index (χ1n) is 10.1. The Balaban J connectivity index is 1.70. The van der Waals surface area contributed by atoms with Gasteiger partial charge < -0.3 is 15.4 Å². The molecule has 0 spiro atoms. The number of nitrogens with one attached hydrogen (secondary N) is 2. The van der Waals surface area contributed by atoms with Gasteiger partial charge in [-0.15, -0.1) is 0 Å². The maximum Gasteiger partial charge on any atom is 0.237 e. The Hall–Kier alpha value is -1.96. The summed E-state index contributed by atoms with van der Waals surface area (Å²) < 4.78 is 4.98. The van der Waals surface area contributed by atoms with Crippen LogP contribution in [0.25, 0.3) is 0 Å². The highest BCUT2D eigenvalue weighted by Crippen LogP contribution is 2.13. The second kappa shape index (κ2) is 11.8. The van der Waals surface area contributed by atoms with Crippen molar-refractivity contribution in [2.45, 2.75) is 32.4 Å². The Bertz CT molecular complexity index is 603. The third-order valence-electron chi connectivity index (χ3n) is 5.21. The summed E-state index contributed by atoms with van der Waals surface area (Å²) in [7, 11) is 1.66. The minimum Gasteiger partial charge on any atom is -0.385 e. The lowest BCUT2D eigenvalue weighted by Crippen LogP contribution is -2.55. The summed E-state index contributed by atoms with van der Waals surface area (Å²) in [5, 5.41) is 6.02. The molecule has 0 aliphatic carbocycles. The number of benzene rings is 1. The number of rotatable bonds is 10. The van der Waals surface area contributed by atoms with Gasteiger partial charge in [0, 0.05) is 46.4 Å². The number of hydrogen-bond donors (Lipinski definition) is 2. The van der Waals surface area contributed by atoms with Crippen LogP contribution in [0.4, 0.5) is 0 Å². The predicted octanol–water partition coefficient (Wildman–Crippen LogP) is 1.02. The normalized spacial score (nSPS) is 17.7. The average Bonchev–Trinajstić information content (AvgIpc) is 2.72. The number of hydrogen-bond acceptors (Lipinski definition) is 5. The fourth-order valence-corrected chi connectivity index (χ4v) is 3.34. The number of methoxy groups -OCH3 is 1. The quantitative estimate of drug-likeness (QED) is 0.584. The third-order valence-corrected chi connectivity index (χ3v) is 5.21. The lowest BCUT2D eigenvalue weighted by Gasteiger charge is -2.37. The first kappa shape index (κ1) is 22.3. The van der Waals surface area contributed by atoms with E-state index in [-0.39, 0.29) is 23.9 Å². The number of amides is 2. The van der Waals surface area contributed by atoms with Crippen LogP contribution in [0.3, 0.4) is 0 Å². The van der Waals surface area contributed by atoms with E-state index in [9.17, 15) is 9.59 Å². The summed E-state index contributed by atoms with van der Waals surface area (Å²) in [6, 6.07) is 9.78. The van der Waals surface area contributed by atoms with Gasteiger partial charge in [-0.1, -0.05) is 30.3 Å². The van der Waals surface area contributed by atoms with Gasteiger partial charge in [0.1, 0.15) is 0 Å². The molecule has 0 aromatic heterocycles. The minimum atomic E-state index is -0.184. The molecule has 2 amide bonds. The van der Waals surface area contributed by atoms with E-state index in [4.69, 9.17) is 4.74 Å².